The van der Waals surface area contributed by atoms with Gasteiger partial charge in [-0.2, -0.15) is 5.10 Å². The molecule has 0 N–H and O–H groups in total. The predicted octanol–water partition coefficient (Wildman–Crippen LogP) is 3.07. The molecule has 2 aromatic heterocycles. The van der Waals surface area contributed by atoms with Gasteiger partial charge in [0, 0.05) is 36.0 Å². The van der Waals surface area contributed by atoms with E-state index in [-0.39, 0.29) is 0 Å². The van der Waals surface area contributed by atoms with Crippen molar-refractivity contribution in [2.45, 2.75) is 6.54 Å². The van der Waals surface area contributed by atoms with Crippen LogP contribution in [0.15, 0.2) is 53.5 Å². The molecule has 0 atom stereocenters. The van der Waals surface area contributed by atoms with Crippen molar-refractivity contribution in [1.29, 1.82) is 0 Å². The monoisotopic (exact) mass is 373 g/mol. The highest BCUT2D eigenvalue weighted by Gasteiger charge is 2.10. The maximum Gasteiger partial charge on any atom is 0.173 e. The van der Waals surface area contributed by atoms with Gasteiger partial charge in [-0.3, -0.25) is 4.98 Å². The Morgan fingerprint density at radius 2 is 2.17 bits per heavy atom. The number of hydrogen-bond acceptors (Lipinski definition) is 5. The van der Waals surface area contributed by atoms with Crippen LogP contribution in [0, 0.1) is 0 Å². The number of aromatic nitrogens is 4. The van der Waals surface area contributed by atoms with Gasteiger partial charge in [-0.25, -0.2) is 9.67 Å². The fourth-order valence-electron chi connectivity index (χ4n) is 2.25. The van der Waals surface area contributed by atoms with E-state index in [2.05, 4.69) is 31.0 Å². The van der Waals surface area contributed by atoms with Crippen molar-refractivity contribution in [2.75, 3.05) is 19.1 Å². The third-order valence-corrected chi connectivity index (χ3v) is 3.88. The molecule has 0 unspecified atom stereocenters. The molecule has 3 rings (SSSR count). The number of halogens is 1. The zero-order valence-electron chi connectivity index (χ0n) is 12.8. The van der Waals surface area contributed by atoms with Crippen molar-refractivity contribution < 1.29 is 4.74 Å². The minimum Gasteiger partial charge on any atom is -0.496 e. The molecule has 0 bridgehead atoms. The van der Waals surface area contributed by atoms with E-state index in [1.807, 2.05) is 42.4 Å². The summed E-state index contributed by atoms with van der Waals surface area (Å²) in [4.78, 5) is 10.9. The van der Waals surface area contributed by atoms with Gasteiger partial charge in [0.05, 0.1) is 19.5 Å². The second-order valence-corrected chi connectivity index (χ2v) is 5.91. The number of hydrogen-bond donors (Lipinski definition) is 0. The normalized spacial score (nSPS) is 10.6. The smallest absolute Gasteiger partial charge is 0.173 e. The van der Waals surface area contributed by atoms with Gasteiger partial charge >= 0.3 is 0 Å². The Morgan fingerprint density at radius 1 is 1.30 bits per heavy atom. The highest BCUT2D eigenvalue weighted by Crippen LogP contribution is 2.25. The predicted molar refractivity (Wildman–Crippen MR) is 92.0 cm³/mol. The van der Waals surface area contributed by atoms with Crippen LogP contribution >= 0.6 is 15.9 Å². The molecule has 6 nitrogen and oxygen atoms in total. The molecule has 7 heteroatoms. The molecule has 2 heterocycles. The van der Waals surface area contributed by atoms with Crippen LogP contribution in [0.3, 0.4) is 0 Å². The number of anilines is 1. The highest BCUT2D eigenvalue weighted by molar-refractivity contribution is 9.10. The summed E-state index contributed by atoms with van der Waals surface area (Å²) < 4.78 is 8.12. The molecule has 0 aliphatic carbocycles. The second kappa shape index (κ2) is 6.78. The van der Waals surface area contributed by atoms with Crippen molar-refractivity contribution in [3.8, 4) is 11.6 Å². The van der Waals surface area contributed by atoms with Gasteiger partial charge in [-0.05, 0) is 24.3 Å². The summed E-state index contributed by atoms with van der Waals surface area (Å²) in [6.07, 6.45) is 6.97. The molecule has 0 radical (unpaired) electrons. The first-order valence-electron chi connectivity index (χ1n) is 7.03. The Bertz CT molecular complexity index is 791. The zero-order valence-corrected chi connectivity index (χ0v) is 14.4. The van der Waals surface area contributed by atoms with Crippen LogP contribution in [0.4, 0.5) is 5.82 Å². The van der Waals surface area contributed by atoms with Gasteiger partial charge in [0.25, 0.3) is 0 Å². The topological polar surface area (TPSA) is 56.1 Å². The fourth-order valence-corrected chi connectivity index (χ4v) is 2.66. The Morgan fingerprint density at radius 3 is 2.91 bits per heavy atom. The third kappa shape index (κ3) is 3.50. The molecule has 0 fully saturated rings. The van der Waals surface area contributed by atoms with Crippen LogP contribution in [0.2, 0.25) is 0 Å². The van der Waals surface area contributed by atoms with Crippen LogP contribution in [-0.2, 0) is 6.54 Å². The average molecular weight is 374 g/mol. The van der Waals surface area contributed by atoms with Crippen LogP contribution < -0.4 is 9.64 Å². The van der Waals surface area contributed by atoms with Gasteiger partial charge in [-0.15, -0.1) is 0 Å². The Balaban J connectivity index is 1.85. The number of ether oxygens (including phenoxy) is 1. The standard InChI is InChI=1S/C16H16BrN5O/c1-21(11-12-8-13(17)4-5-14(12)23-2)15-9-18-10-16(20-15)22-7-3-6-19-22/h3-10H,11H2,1-2H3. The summed E-state index contributed by atoms with van der Waals surface area (Å²) in [6, 6.07) is 7.80. The van der Waals surface area contributed by atoms with Crippen LogP contribution in [-0.4, -0.2) is 33.9 Å². The lowest BCUT2D eigenvalue weighted by molar-refractivity contribution is 0.409. The van der Waals surface area contributed by atoms with E-state index in [0.29, 0.717) is 12.4 Å². The fraction of sp³-hybridized carbons (Fsp3) is 0.188. The number of nitrogens with zero attached hydrogens (tertiary/aromatic N) is 5. The van der Waals surface area contributed by atoms with E-state index < -0.39 is 0 Å². The molecule has 0 saturated heterocycles. The van der Waals surface area contributed by atoms with Crippen molar-refractivity contribution in [3.05, 3.63) is 59.1 Å². The number of methoxy groups -OCH3 is 1. The minimum atomic E-state index is 0.653. The lowest BCUT2D eigenvalue weighted by atomic mass is 10.2. The van der Waals surface area contributed by atoms with Crippen molar-refractivity contribution in [1.82, 2.24) is 19.7 Å². The molecule has 0 saturated carbocycles. The second-order valence-electron chi connectivity index (χ2n) is 5.00. The SMILES string of the molecule is COc1ccc(Br)cc1CN(C)c1cncc(-n2cccn2)n1. The van der Waals surface area contributed by atoms with Crippen molar-refractivity contribution >= 4 is 21.7 Å². The van der Waals surface area contributed by atoms with Crippen molar-refractivity contribution in [2.24, 2.45) is 0 Å². The molecule has 118 valence electrons. The van der Waals surface area contributed by atoms with Crippen LogP contribution in [0.1, 0.15) is 5.56 Å². The summed E-state index contributed by atoms with van der Waals surface area (Å²) in [6.45, 7) is 0.653. The largest absolute Gasteiger partial charge is 0.496 e. The molecule has 0 spiro atoms. The van der Waals surface area contributed by atoms with Gasteiger partial charge in [0.15, 0.2) is 5.82 Å². The lowest BCUT2D eigenvalue weighted by Gasteiger charge is -2.20. The van der Waals surface area contributed by atoms with E-state index in [1.54, 1.807) is 30.4 Å². The quantitative estimate of drug-likeness (QED) is 0.687. The summed E-state index contributed by atoms with van der Waals surface area (Å²) in [5.74, 6) is 2.29. The minimum absolute atomic E-state index is 0.653. The summed E-state index contributed by atoms with van der Waals surface area (Å²) in [5.41, 5.74) is 1.07. The van der Waals surface area contributed by atoms with Gasteiger partial charge in [0.2, 0.25) is 0 Å². The number of benzene rings is 1. The zero-order chi connectivity index (χ0) is 16.2. The molecule has 1 aromatic carbocycles. The molecular weight excluding hydrogens is 358 g/mol. The maximum atomic E-state index is 5.42. The Hall–Kier alpha value is -2.41. The third-order valence-electron chi connectivity index (χ3n) is 3.39. The Labute approximate surface area is 142 Å². The van der Waals surface area contributed by atoms with E-state index >= 15 is 0 Å². The first-order chi connectivity index (χ1) is 11.2. The maximum absolute atomic E-state index is 5.42. The van der Waals surface area contributed by atoms with Gasteiger partial charge in [-0.1, -0.05) is 15.9 Å². The first kappa shape index (κ1) is 15.5. The highest BCUT2D eigenvalue weighted by atomic mass is 79.9. The number of rotatable bonds is 5. The molecular formula is C16H16BrN5O. The van der Waals surface area contributed by atoms with Crippen molar-refractivity contribution in [3.63, 3.8) is 0 Å². The Kier molecular flexibility index (Phi) is 4.57. The molecule has 3 aromatic rings. The first-order valence-corrected chi connectivity index (χ1v) is 7.82. The van der Waals surface area contributed by atoms with E-state index in [4.69, 9.17) is 4.74 Å². The lowest BCUT2D eigenvalue weighted by Crippen LogP contribution is -2.19. The van der Waals surface area contributed by atoms with Gasteiger partial charge in [0.1, 0.15) is 11.6 Å². The summed E-state index contributed by atoms with van der Waals surface area (Å²) in [5, 5.41) is 4.18. The molecule has 0 amide bonds. The van der Waals surface area contributed by atoms with Gasteiger partial charge < -0.3 is 9.64 Å². The van der Waals surface area contributed by atoms with Crippen LogP contribution in [0.5, 0.6) is 5.75 Å². The summed E-state index contributed by atoms with van der Waals surface area (Å²) >= 11 is 3.50. The molecule has 23 heavy (non-hydrogen) atoms. The van der Waals surface area contributed by atoms with E-state index in [1.165, 1.54) is 0 Å². The molecule has 0 aliphatic heterocycles. The van der Waals surface area contributed by atoms with E-state index in [9.17, 15) is 0 Å². The van der Waals surface area contributed by atoms with Crippen LogP contribution in [0.25, 0.3) is 5.82 Å². The molecule has 0 aliphatic rings. The summed E-state index contributed by atoms with van der Waals surface area (Å²) in [7, 11) is 3.64. The van der Waals surface area contributed by atoms with E-state index in [0.717, 1.165) is 21.6 Å². The average Bonchev–Trinajstić information content (AvgIpc) is 3.10.